The van der Waals surface area contributed by atoms with Gasteiger partial charge in [0.2, 0.25) is 0 Å². The van der Waals surface area contributed by atoms with Crippen LogP contribution in [-0.2, 0) is 20.1 Å². The second-order valence-corrected chi connectivity index (χ2v) is 4.60. The van der Waals surface area contributed by atoms with E-state index in [9.17, 15) is 0 Å². The van der Waals surface area contributed by atoms with Crippen LogP contribution in [-0.4, -0.2) is 27.9 Å². The molecule has 2 rings (SSSR count). The molecule has 1 aromatic heterocycles. The maximum absolute atomic E-state index is 8.73. The zero-order valence-corrected chi connectivity index (χ0v) is 12.1. The van der Waals surface area contributed by atoms with E-state index in [4.69, 9.17) is 15.7 Å². The van der Waals surface area contributed by atoms with Gasteiger partial charge in [-0.15, -0.1) is 0 Å². The lowest BCUT2D eigenvalue weighted by Gasteiger charge is -2.10. The number of oxime groups is 1. The van der Waals surface area contributed by atoms with E-state index in [-0.39, 0.29) is 5.84 Å². The number of hydrogen-bond donors (Lipinski definition) is 3. The van der Waals surface area contributed by atoms with Crippen LogP contribution in [0.1, 0.15) is 16.8 Å². The number of nitrogens with zero attached hydrogens (tertiary/aromatic N) is 3. The average molecular weight is 289 g/mol. The van der Waals surface area contributed by atoms with Gasteiger partial charge in [-0.05, 0) is 23.8 Å². The number of nitrogens with two attached hydrogens (primary N) is 1. The first-order valence-electron chi connectivity index (χ1n) is 6.48. The molecule has 1 heterocycles. The summed E-state index contributed by atoms with van der Waals surface area (Å²) in [6.45, 7) is 1.36. The summed E-state index contributed by atoms with van der Waals surface area (Å²) in [6.07, 6.45) is 1.91. The molecule has 7 heteroatoms. The predicted molar refractivity (Wildman–Crippen MR) is 79.3 cm³/mol. The summed E-state index contributed by atoms with van der Waals surface area (Å²) in [5.41, 5.74) is 8.18. The summed E-state index contributed by atoms with van der Waals surface area (Å²) in [6, 6.07) is 7.50. The Bertz CT molecular complexity index is 636. The van der Waals surface area contributed by atoms with Gasteiger partial charge in [-0.25, -0.2) is 0 Å². The molecule has 7 nitrogen and oxygen atoms in total. The number of benzene rings is 1. The molecule has 21 heavy (non-hydrogen) atoms. The number of methoxy groups -OCH3 is 1. The van der Waals surface area contributed by atoms with Crippen LogP contribution in [0.3, 0.4) is 0 Å². The summed E-state index contributed by atoms with van der Waals surface area (Å²) in [4.78, 5) is 0. The van der Waals surface area contributed by atoms with Crippen LogP contribution in [0.2, 0.25) is 0 Å². The molecule has 112 valence electrons. The van der Waals surface area contributed by atoms with Crippen molar-refractivity contribution in [2.75, 3.05) is 7.11 Å². The monoisotopic (exact) mass is 289 g/mol. The van der Waals surface area contributed by atoms with Crippen molar-refractivity contribution >= 4 is 5.84 Å². The molecule has 0 bridgehead atoms. The highest BCUT2D eigenvalue weighted by molar-refractivity contribution is 5.99. The lowest BCUT2D eigenvalue weighted by atomic mass is 10.1. The van der Waals surface area contributed by atoms with Gasteiger partial charge >= 0.3 is 0 Å². The molecule has 0 atom stereocenters. The smallest absolute Gasteiger partial charge is 0.173 e. The summed E-state index contributed by atoms with van der Waals surface area (Å²) in [5, 5.41) is 19.3. The minimum Gasteiger partial charge on any atom is -0.496 e. The van der Waals surface area contributed by atoms with Crippen molar-refractivity contribution in [3.05, 3.63) is 47.3 Å². The lowest BCUT2D eigenvalue weighted by molar-refractivity contribution is 0.318. The Hall–Kier alpha value is -2.54. The van der Waals surface area contributed by atoms with Gasteiger partial charge in [0.15, 0.2) is 5.84 Å². The standard InChI is InChI=1S/C14H19N5O2/c1-19-6-5-11(17-19)9-16-8-10-3-4-12(14(15)18-20)13(7-10)21-2/h3-7,16,20H,8-9H2,1-2H3,(H2,15,18). The van der Waals surface area contributed by atoms with Crippen LogP contribution < -0.4 is 15.8 Å². The first kappa shape index (κ1) is 14.9. The molecule has 0 aliphatic carbocycles. The summed E-state index contributed by atoms with van der Waals surface area (Å²) >= 11 is 0. The molecule has 0 fully saturated rings. The van der Waals surface area contributed by atoms with Crippen LogP contribution in [0.4, 0.5) is 0 Å². The SMILES string of the molecule is COc1cc(CNCc2ccn(C)n2)ccc1/C(N)=N/O. The van der Waals surface area contributed by atoms with Crippen molar-refractivity contribution in [2.24, 2.45) is 17.9 Å². The summed E-state index contributed by atoms with van der Waals surface area (Å²) < 4.78 is 7.03. The highest BCUT2D eigenvalue weighted by atomic mass is 16.5. The minimum atomic E-state index is 0.0276. The van der Waals surface area contributed by atoms with Gasteiger partial charge in [-0.1, -0.05) is 11.2 Å². The molecule has 0 saturated heterocycles. The van der Waals surface area contributed by atoms with E-state index in [0.29, 0.717) is 24.4 Å². The Morgan fingerprint density at radius 1 is 1.43 bits per heavy atom. The van der Waals surface area contributed by atoms with Crippen LogP contribution in [0.15, 0.2) is 35.6 Å². The zero-order chi connectivity index (χ0) is 15.2. The second kappa shape index (κ2) is 6.76. The van der Waals surface area contributed by atoms with E-state index in [2.05, 4.69) is 15.6 Å². The van der Waals surface area contributed by atoms with Crippen molar-refractivity contribution in [1.82, 2.24) is 15.1 Å². The summed E-state index contributed by atoms with van der Waals surface area (Å²) in [5.74, 6) is 0.599. The molecule has 0 saturated carbocycles. The Balaban J connectivity index is 2.00. The molecule has 1 aromatic carbocycles. The number of aryl methyl sites for hydroxylation is 1. The van der Waals surface area contributed by atoms with Gasteiger partial charge in [0.1, 0.15) is 5.75 Å². The molecule has 0 amide bonds. The number of ether oxygens (including phenoxy) is 1. The minimum absolute atomic E-state index is 0.0276. The third-order valence-electron chi connectivity index (χ3n) is 3.05. The van der Waals surface area contributed by atoms with Crippen molar-refractivity contribution in [2.45, 2.75) is 13.1 Å². The molecule has 0 aliphatic rings. The normalized spacial score (nSPS) is 11.6. The first-order valence-corrected chi connectivity index (χ1v) is 6.48. The fourth-order valence-corrected chi connectivity index (χ4v) is 2.00. The van der Waals surface area contributed by atoms with E-state index >= 15 is 0 Å². The number of nitrogens with one attached hydrogen (secondary N) is 1. The van der Waals surface area contributed by atoms with Crippen molar-refractivity contribution in [1.29, 1.82) is 0 Å². The number of aromatic nitrogens is 2. The van der Waals surface area contributed by atoms with E-state index in [1.165, 1.54) is 0 Å². The molecule has 0 radical (unpaired) electrons. The van der Waals surface area contributed by atoms with E-state index < -0.39 is 0 Å². The number of amidine groups is 1. The Morgan fingerprint density at radius 3 is 2.86 bits per heavy atom. The summed E-state index contributed by atoms with van der Waals surface area (Å²) in [7, 11) is 3.44. The topological polar surface area (TPSA) is 97.7 Å². The second-order valence-electron chi connectivity index (χ2n) is 4.60. The van der Waals surface area contributed by atoms with Crippen LogP contribution >= 0.6 is 0 Å². The third kappa shape index (κ3) is 3.73. The van der Waals surface area contributed by atoms with Crippen molar-refractivity contribution < 1.29 is 9.94 Å². The van der Waals surface area contributed by atoms with E-state index in [1.54, 1.807) is 17.9 Å². The zero-order valence-electron chi connectivity index (χ0n) is 12.1. The largest absolute Gasteiger partial charge is 0.496 e. The lowest BCUT2D eigenvalue weighted by Crippen LogP contribution is -2.16. The Morgan fingerprint density at radius 2 is 2.24 bits per heavy atom. The van der Waals surface area contributed by atoms with Gasteiger partial charge < -0.3 is 21.0 Å². The number of hydrogen-bond acceptors (Lipinski definition) is 5. The Kier molecular flexibility index (Phi) is 4.78. The quantitative estimate of drug-likeness (QED) is 0.316. The first-order chi connectivity index (χ1) is 10.1. The van der Waals surface area contributed by atoms with Gasteiger partial charge in [0.05, 0.1) is 18.4 Å². The van der Waals surface area contributed by atoms with Gasteiger partial charge in [0.25, 0.3) is 0 Å². The molecule has 0 spiro atoms. The van der Waals surface area contributed by atoms with Crippen LogP contribution in [0.25, 0.3) is 0 Å². The molecule has 0 aliphatic heterocycles. The third-order valence-corrected chi connectivity index (χ3v) is 3.05. The molecular formula is C14H19N5O2. The van der Waals surface area contributed by atoms with Gasteiger partial charge in [-0.3, -0.25) is 4.68 Å². The average Bonchev–Trinajstić information content (AvgIpc) is 2.91. The van der Waals surface area contributed by atoms with Gasteiger partial charge in [0, 0.05) is 26.3 Å². The van der Waals surface area contributed by atoms with E-state index in [1.807, 2.05) is 31.4 Å². The molecule has 2 aromatic rings. The molecule has 4 N–H and O–H groups in total. The van der Waals surface area contributed by atoms with Gasteiger partial charge in [-0.2, -0.15) is 5.10 Å². The predicted octanol–water partition coefficient (Wildman–Crippen LogP) is 0.813. The van der Waals surface area contributed by atoms with E-state index in [0.717, 1.165) is 11.3 Å². The maximum atomic E-state index is 8.73. The van der Waals surface area contributed by atoms with Crippen molar-refractivity contribution in [3.8, 4) is 5.75 Å². The van der Waals surface area contributed by atoms with Crippen LogP contribution in [0, 0.1) is 0 Å². The Labute approximate surface area is 123 Å². The fourth-order valence-electron chi connectivity index (χ4n) is 2.00. The highest BCUT2D eigenvalue weighted by Gasteiger charge is 2.08. The number of rotatable bonds is 6. The van der Waals surface area contributed by atoms with Crippen LogP contribution in [0.5, 0.6) is 5.75 Å². The fraction of sp³-hybridized carbons (Fsp3) is 0.286. The maximum Gasteiger partial charge on any atom is 0.173 e. The molecular weight excluding hydrogens is 270 g/mol. The molecule has 0 unspecified atom stereocenters. The van der Waals surface area contributed by atoms with Crippen molar-refractivity contribution in [3.63, 3.8) is 0 Å². The highest BCUT2D eigenvalue weighted by Crippen LogP contribution is 2.20.